The van der Waals surface area contributed by atoms with Crippen LogP contribution in [0.4, 0.5) is 0 Å². The van der Waals surface area contributed by atoms with E-state index in [9.17, 15) is 0 Å². The average Bonchev–Trinajstić information content (AvgIpc) is 2.82. The van der Waals surface area contributed by atoms with E-state index < -0.39 is 0 Å². The fourth-order valence-electron chi connectivity index (χ4n) is 3.14. The summed E-state index contributed by atoms with van der Waals surface area (Å²) in [6.45, 7) is 0. The largest absolute Gasteiger partial charge is 0.302 e. The van der Waals surface area contributed by atoms with E-state index in [1.807, 2.05) is 12.1 Å². The summed E-state index contributed by atoms with van der Waals surface area (Å²) in [6.07, 6.45) is 1.09. The summed E-state index contributed by atoms with van der Waals surface area (Å²) in [6, 6.07) is 15.1. The molecular weight excluding hydrogens is 325 g/mol. The van der Waals surface area contributed by atoms with E-state index in [2.05, 4.69) is 49.3 Å². The number of halogens is 3. The third-order valence-corrected chi connectivity index (χ3v) is 4.90. The Balaban J connectivity index is 0.00000161. The summed E-state index contributed by atoms with van der Waals surface area (Å²) < 4.78 is 0. The Morgan fingerprint density at radius 1 is 0.952 bits per heavy atom. The predicted octanol–water partition coefficient (Wildman–Crippen LogP) is 5.55. The van der Waals surface area contributed by atoms with Crippen LogP contribution in [0.3, 0.4) is 0 Å². The molecule has 1 nitrogen and oxygen atoms in total. The van der Waals surface area contributed by atoms with Crippen LogP contribution >= 0.6 is 35.6 Å². The molecular formula is C17H18Cl3N. The lowest BCUT2D eigenvalue weighted by Crippen LogP contribution is -2.17. The molecule has 4 heteroatoms. The molecule has 2 aromatic rings. The summed E-state index contributed by atoms with van der Waals surface area (Å²) in [4.78, 5) is 2.29. The Kier molecular flexibility index (Phi) is 5.21. The van der Waals surface area contributed by atoms with Gasteiger partial charge in [0.25, 0.3) is 0 Å². The van der Waals surface area contributed by atoms with Crippen molar-refractivity contribution in [1.29, 1.82) is 0 Å². The fourth-order valence-corrected chi connectivity index (χ4v) is 3.45. The number of hydrogen-bond donors (Lipinski definition) is 0. The highest BCUT2D eigenvalue weighted by Gasteiger charge is 2.32. The predicted molar refractivity (Wildman–Crippen MR) is 93.0 cm³/mol. The van der Waals surface area contributed by atoms with Crippen molar-refractivity contribution in [3.63, 3.8) is 0 Å². The number of fused-ring (bicyclic) bond motifs is 1. The molecule has 2 aromatic carbocycles. The van der Waals surface area contributed by atoms with E-state index in [0.29, 0.717) is 22.0 Å². The first kappa shape index (κ1) is 16.6. The molecule has 1 aliphatic carbocycles. The van der Waals surface area contributed by atoms with E-state index in [-0.39, 0.29) is 12.4 Å². The summed E-state index contributed by atoms with van der Waals surface area (Å²) in [5.41, 5.74) is 4.08. The Bertz CT molecular complexity index is 640. The van der Waals surface area contributed by atoms with Crippen LogP contribution in [0.2, 0.25) is 10.0 Å². The molecule has 0 heterocycles. The van der Waals surface area contributed by atoms with Gasteiger partial charge in [-0.2, -0.15) is 0 Å². The van der Waals surface area contributed by atoms with Gasteiger partial charge >= 0.3 is 0 Å². The molecule has 3 rings (SSSR count). The Morgan fingerprint density at radius 2 is 1.62 bits per heavy atom. The van der Waals surface area contributed by atoms with Gasteiger partial charge in [0.15, 0.2) is 0 Å². The molecule has 0 aliphatic heterocycles. The molecule has 0 aromatic heterocycles. The van der Waals surface area contributed by atoms with Gasteiger partial charge in [0.2, 0.25) is 0 Å². The Morgan fingerprint density at radius 3 is 2.24 bits per heavy atom. The normalized spacial score (nSPS) is 20.2. The maximum atomic E-state index is 6.18. The monoisotopic (exact) mass is 341 g/mol. The van der Waals surface area contributed by atoms with Crippen LogP contribution in [0.5, 0.6) is 0 Å². The minimum Gasteiger partial charge on any atom is -0.302 e. The minimum absolute atomic E-state index is 0. The SMILES string of the molecule is CN(C)[C@@H]1C[C@@H](c2ccc(Cl)c(Cl)c2)c2ccccc21.Cl. The van der Waals surface area contributed by atoms with E-state index in [1.54, 1.807) is 0 Å². The van der Waals surface area contributed by atoms with E-state index in [4.69, 9.17) is 23.2 Å². The zero-order chi connectivity index (χ0) is 14.3. The van der Waals surface area contributed by atoms with Gasteiger partial charge in [-0.1, -0.05) is 53.5 Å². The lowest BCUT2D eigenvalue weighted by Gasteiger charge is -2.20. The summed E-state index contributed by atoms with van der Waals surface area (Å²) in [5, 5.41) is 1.25. The van der Waals surface area contributed by atoms with Crippen LogP contribution in [0.15, 0.2) is 42.5 Å². The standard InChI is InChI=1S/C17H17Cl2N.ClH/c1-20(2)17-10-14(12-5-3-4-6-13(12)17)11-7-8-15(18)16(19)9-11;/h3-9,14,17H,10H2,1-2H3;1H/t14-,17+;/m0./s1. The molecule has 0 saturated carbocycles. The molecule has 0 spiro atoms. The topological polar surface area (TPSA) is 3.24 Å². The molecule has 0 fully saturated rings. The smallest absolute Gasteiger partial charge is 0.0595 e. The zero-order valence-electron chi connectivity index (χ0n) is 12.0. The van der Waals surface area contributed by atoms with E-state index in [0.717, 1.165) is 6.42 Å². The molecule has 0 saturated heterocycles. The average molecular weight is 343 g/mol. The van der Waals surface area contributed by atoms with Crippen LogP contribution < -0.4 is 0 Å². The van der Waals surface area contributed by atoms with Gasteiger partial charge < -0.3 is 4.90 Å². The van der Waals surface area contributed by atoms with Crippen molar-refractivity contribution >= 4 is 35.6 Å². The van der Waals surface area contributed by atoms with Gasteiger partial charge in [-0.05, 0) is 49.3 Å². The molecule has 0 N–H and O–H groups in total. The fraction of sp³-hybridized carbons (Fsp3) is 0.294. The first-order valence-corrected chi connectivity index (χ1v) is 7.53. The molecule has 0 amide bonds. The van der Waals surface area contributed by atoms with Crippen molar-refractivity contribution in [2.24, 2.45) is 0 Å². The van der Waals surface area contributed by atoms with E-state index >= 15 is 0 Å². The van der Waals surface area contributed by atoms with E-state index in [1.165, 1.54) is 16.7 Å². The van der Waals surface area contributed by atoms with Crippen LogP contribution in [-0.4, -0.2) is 19.0 Å². The molecule has 1 aliphatic rings. The van der Waals surface area contributed by atoms with Crippen molar-refractivity contribution < 1.29 is 0 Å². The summed E-state index contributed by atoms with van der Waals surface area (Å²) in [5.74, 6) is 0.397. The molecule has 112 valence electrons. The van der Waals surface area contributed by atoms with Crippen molar-refractivity contribution in [2.75, 3.05) is 14.1 Å². The third-order valence-electron chi connectivity index (χ3n) is 4.16. The quantitative estimate of drug-likeness (QED) is 0.691. The van der Waals surface area contributed by atoms with Gasteiger partial charge in [0, 0.05) is 12.0 Å². The van der Waals surface area contributed by atoms with Gasteiger partial charge in [0.05, 0.1) is 10.0 Å². The van der Waals surface area contributed by atoms with Crippen molar-refractivity contribution in [2.45, 2.75) is 18.4 Å². The molecule has 0 radical (unpaired) electrons. The highest BCUT2D eigenvalue weighted by Crippen LogP contribution is 2.46. The number of hydrogen-bond acceptors (Lipinski definition) is 1. The van der Waals surface area contributed by atoms with Crippen LogP contribution in [-0.2, 0) is 0 Å². The summed E-state index contributed by atoms with van der Waals surface area (Å²) >= 11 is 12.2. The molecule has 0 unspecified atom stereocenters. The van der Waals surface area contributed by atoms with Crippen molar-refractivity contribution in [3.05, 3.63) is 69.2 Å². The maximum absolute atomic E-state index is 6.18. The minimum atomic E-state index is 0. The van der Waals surface area contributed by atoms with Crippen LogP contribution in [0, 0.1) is 0 Å². The molecule has 2 atom stereocenters. The summed E-state index contributed by atoms with van der Waals surface area (Å²) in [7, 11) is 4.28. The van der Waals surface area contributed by atoms with Gasteiger partial charge in [-0.15, -0.1) is 12.4 Å². The molecule has 0 bridgehead atoms. The lowest BCUT2D eigenvalue weighted by atomic mass is 9.93. The number of benzene rings is 2. The van der Waals surface area contributed by atoms with Crippen molar-refractivity contribution in [3.8, 4) is 0 Å². The number of nitrogens with zero attached hydrogens (tertiary/aromatic N) is 1. The second-order valence-electron chi connectivity index (χ2n) is 5.57. The van der Waals surface area contributed by atoms with Gasteiger partial charge in [-0.3, -0.25) is 0 Å². The Hall–Kier alpha value is -0.730. The lowest BCUT2D eigenvalue weighted by molar-refractivity contribution is 0.293. The Labute approximate surface area is 142 Å². The van der Waals surface area contributed by atoms with Gasteiger partial charge in [-0.25, -0.2) is 0 Å². The highest BCUT2D eigenvalue weighted by atomic mass is 35.5. The highest BCUT2D eigenvalue weighted by molar-refractivity contribution is 6.42. The number of rotatable bonds is 2. The second-order valence-corrected chi connectivity index (χ2v) is 6.38. The third kappa shape index (κ3) is 3.07. The van der Waals surface area contributed by atoms with Crippen LogP contribution in [0.25, 0.3) is 0 Å². The van der Waals surface area contributed by atoms with Crippen LogP contribution in [0.1, 0.15) is 35.1 Å². The van der Waals surface area contributed by atoms with Crippen molar-refractivity contribution in [1.82, 2.24) is 4.90 Å². The maximum Gasteiger partial charge on any atom is 0.0595 e. The zero-order valence-corrected chi connectivity index (χ0v) is 14.3. The first-order valence-electron chi connectivity index (χ1n) is 6.78. The van der Waals surface area contributed by atoms with Gasteiger partial charge in [0.1, 0.15) is 0 Å². The first-order chi connectivity index (χ1) is 9.58. The second kappa shape index (κ2) is 6.58. The molecule has 21 heavy (non-hydrogen) atoms.